The van der Waals surface area contributed by atoms with E-state index < -0.39 is 29.3 Å². The van der Waals surface area contributed by atoms with Crippen LogP contribution >= 0.6 is 0 Å². The fourth-order valence-corrected chi connectivity index (χ4v) is 4.28. The molecule has 1 fully saturated rings. The number of aryl methyl sites for hydroxylation is 1. The maximum absolute atomic E-state index is 12.4. The van der Waals surface area contributed by atoms with E-state index in [1.807, 2.05) is 19.1 Å². The fourth-order valence-electron chi connectivity index (χ4n) is 3.34. The van der Waals surface area contributed by atoms with Crippen molar-refractivity contribution in [1.29, 1.82) is 0 Å². The van der Waals surface area contributed by atoms with Gasteiger partial charge in [-0.25, -0.2) is 4.79 Å². The Kier molecular flexibility index (Phi) is 7.04. The minimum absolute atomic E-state index is 0.228. The second-order valence-electron chi connectivity index (χ2n) is 6.95. The van der Waals surface area contributed by atoms with Crippen LogP contribution in [0, 0.1) is 6.92 Å². The van der Waals surface area contributed by atoms with E-state index in [9.17, 15) is 13.8 Å². The Hall–Kier alpha value is -2.67. The minimum atomic E-state index is -1.28. The molecule has 29 heavy (non-hydrogen) atoms. The van der Waals surface area contributed by atoms with Crippen LogP contribution in [0.1, 0.15) is 35.7 Å². The summed E-state index contributed by atoms with van der Waals surface area (Å²) in [6.07, 6.45) is 2.41. The van der Waals surface area contributed by atoms with Gasteiger partial charge in [-0.15, -0.1) is 0 Å². The van der Waals surface area contributed by atoms with Gasteiger partial charge in [0, 0.05) is 30.2 Å². The van der Waals surface area contributed by atoms with Crippen molar-refractivity contribution in [2.24, 2.45) is 0 Å². The number of hydrogen-bond donors (Lipinski definition) is 1. The molecule has 0 aliphatic carbocycles. The summed E-state index contributed by atoms with van der Waals surface area (Å²) in [6, 6.07) is 12.5. The first-order chi connectivity index (χ1) is 14.0. The van der Waals surface area contributed by atoms with E-state index >= 15 is 0 Å². The van der Waals surface area contributed by atoms with Crippen LogP contribution in [-0.2, 0) is 20.3 Å². The second-order valence-corrected chi connectivity index (χ2v) is 8.66. The number of benzene rings is 2. The third-order valence-corrected chi connectivity index (χ3v) is 6.28. The molecule has 0 radical (unpaired) electrons. The van der Waals surface area contributed by atoms with Crippen molar-refractivity contribution in [1.82, 2.24) is 0 Å². The highest BCUT2D eigenvalue weighted by Crippen LogP contribution is 2.25. The Balaban J connectivity index is 1.59. The van der Waals surface area contributed by atoms with Gasteiger partial charge >= 0.3 is 5.97 Å². The van der Waals surface area contributed by atoms with Crippen molar-refractivity contribution in [2.75, 3.05) is 35.7 Å². The average molecular weight is 415 g/mol. The van der Waals surface area contributed by atoms with Crippen LogP contribution in [0.4, 0.5) is 11.4 Å². The molecule has 1 saturated heterocycles. The van der Waals surface area contributed by atoms with E-state index in [1.165, 1.54) is 12.8 Å². The smallest absolute Gasteiger partial charge is 0.339 e. The highest BCUT2D eigenvalue weighted by atomic mass is 32.2. The Morgan fingerprint density at radius 2 is 1.86 bits per heavy atom. The molecule has 0 aromatic heterocycles. The van der Waals surface area contributed by atoms with Gasteiger partial charge in [-0.3, -0.25) is 9.00 Å². The van der Waals surface area contributed by atoms with Crippen molar-refractivity contribution in [2.45, 2.75) is 31.6 Å². The zero-order valence-electron chi connectivity index (χ0n) is 16.8. The monoisotopic (exact) mass is 414 g/mol. The first-order valence-corrected chi connectivity index (χ1v) is 11.1. The Morgan fingerprint density at radius 3 is 2.55 bits per heavy atom. The van der Waals surface area contributed by atoms with E-state index in [4.69, 9.17) is 4.74 Å². The van der Waals surface area contributed by atoms with Crippen molar-refractivity contribution < 1.29 is 18.5 Å². The van der Waals surface area contributed by atoms with E-state index in [0.717, 1.165) is 24.3 Å². The summed E-state index contributed by atoms with van der Waals surface area (Å²) < 4.78 is 17.2. The first-order valence-electron chi connectivity index (χ1n) is 9.79. The first kappa shape index (κ1) is 21.0. The lowest BCUT2D eigenvalue weighted by Gasteiger charge is -2.19. The number of anilines is 2. The average Bonchev–Trinajstić information content (AvgIpc) is 3.28. The number of esters is 1. The lowest BCUT2D eigenvalue weighted by molar-refractivity contribution is -0.119. The summed E-state index contributed by atoms with van der Waals surface area (Å²) in [5.41, 5.74) is 3.04. The molecular weight excluding hydrogens is 388 g/mol. The predicted octanol–water partition coefficient (Wildman–Crippen LogP) is 3.52. The highest BCUT2D eigenvalue weighted by molar-refractivity contribution is 7.85. The molecular formula is C22H26N2O4S. The maximum atomic E-state index is 12.4. The summed E-state index contributed by atoms with van der Waals surface area (Å²) >= 11 is 0. The molecule has 1 aliphatic rings. The molecule has 1 amide bonds. The number of ether oxygens (including phenoxy) is 1. The number of carbonyl (C=O) groups is 2. The fraction of sp³-hybridized carbons (Fsp3) is 0.364. The van der Waals surface area contributed by atoms with Gasteiger partial charge in [0.1, 0.15) is 0 Å². The molecule has 1 N–H and O–H groups in total. The lowest BCUT2D eigenvalue weighted by atomic mass is 10.1. The van der Waals surface area contributed by atoms with Gasteiger partial charge in [-0.05, 0) is 55.7 Å². The third kappa shape index (κ3) is 5.23. The van der Waals surface area contributed by atoms with Gasteiger partial charge in [-0.1, -0.05) is 19.1 Å². The Bertz CT molecular complexity index is 923. The molecule has 0 saturated carbocycles. The van der Waals surface area contributed by atoms with Crippen LogP contribution < -0.4 is 10.2 Å². The molecule has 6 nitrogen and oxygen atoms in total. The van der Waals surface area contributed by atoms with Crippen molar-refractivity contribution in [3.63, 3.8) is 0 Å². The van der Waals surface area contributed by atoms with Crippen LogP contribution in [0.15, 0.2) is 47.4 Å². The highest BCUT2D eigenvalue weighted by Gasteiger charge is 2.18. The number of rotatable bonds is 7. The molecule has 154 valence electrons. The Labute approximate surface area is 173 Å². The topological polar surface area (TPSA) is 75.7 Å². The molecule has 1 heterocycles. The molecule has 7 heteroatoms. The second kappa shape index (κ2) is 9.69. The molecule has 2 aromatic carbocycles. The normalized spacial score (nSPS) is 14.5. The van der Waals surface area contributed by atoms with Gasteiger partial charge in [-0.2, -0.15) is 0 Å². The zero-order valence-corrected chi connectivity index (χ0v) is 17.6. The SMILES string of the molecule is CCS(=O)c1ccccc1C(=O)OCC(=O)Nc1ccc(N2CCCC2)cc1C. The number of carbonyl (C=O) groups excluding carboxylic acids is 2. The van der Waals surface area contributed by atoms with Crippen LogP contribution in [0.5, 0.6) is 0 Å². The number of amides is 1. The van der Waals surface area contributed by atoms with Gasteiger partial charge in [0.15, 0.2) is 6.61 Å². The largest absolute Gasteiger partial charge is 0.452 e. The molecule has 2 aromatic rings. The number of nitrogens with zero attached hydrogens (tertiary/aromatic N) is 1. The van der Waals surface area contributed by atoms with Gasteiger partial charge in [0.2, 0.25) is 0 Å². The van der Waals surface area contributed by atoms with Crippen molar-refractivity contribution >= 4 is 34.1 Å². The lowest BCUT2D eigenvalue weighted by Crippen LogP contribution is -2.22. The number of hydrogen-bond acceptors (Lipinski definition) is 5. The number of nitrogens with one attached hydrogen (secondary N) is 1. The van der Waals surface area contributed by atoms with Crippen LogP contribution in [0.25, 0.3) is 0 Å². The molecule has 3 rings (SSSR count). The maximum Gasteiger partial charge on any atom is 0.339 e. The minimum Gasteiger partial charge on any atom is -0.452 e. The van der Waals surface area contributed by atoms with E-state index in [-0.39, 0.29) is 5.56 Å². The summed E-state index contributed by atoms with van der Waals surface area (Å²) in [5.74, 6) is -0.666. The molecule has 0 spiro atoms. The van der Waals surface area contributed by atoms with Gasteiger partial charge in [0.25, 0.3) is 5.91 Å². The van der Waals surface area contributed by atoms with Crippen LogP contribution in [-0.4, -0.2) is 41.5 Å². The standard InChI is InChI=1S/C22H26N2O4S/c1-3-29(27)20-9-5-4-8-18(20)22(26)28-15-21(25)23-19-11-10-17(14-16(19)2)24-12-6-7-13-24/h4-5,8-11,14H,3,6-7,12-13,15H2,1-2H3,(H,23,25). The summed E-state index contributed by atoms with van der Waals surface area (Å²) in [7, 11) is -1.28. The summed E-state index contributed by atoms with van der Waals surface area (Å²) in [6.45, 7) is 5.44. The van der Waals surface area contributed by atoms with E-state index in [1.54, 1.807) is 31.2 Å². The molecule has 1 aliphatic heterocycles. The summed E-state index contributed by atoms with van der Waals surface area (Å²) in [5, 5.41) is 2.79. The molecule has 1 unspecified atom stereocenters. The van der Waals surface area contributed by atoms with Crippen molar-refractivity contribution in [3.05, 3.63) is 53.6 Å². The molecule has 1 atom stereocenters. The summed E-state index contributed by atoms with van der Waals surface area (Å²) in [4.78, 5) is 27.4. The quantitative estimate of drug-likeness (QED) is 0.702. The Morgan fingerprint density at radius 1 is 1.14 bits per heavy atom. The van der Waals surface area contributed by atoms with Crippen molar-refractivity contribution in [3.8, 4) is 0 Å². The van der Waals surface area contributed by atoms with Crippen LogP contribution in [0.2, 0.25) is 0 Å². The van der Waals surface area contributed by atoms with E-state index in [2.05, 4.69) is 16.3 Å². The zero-order chi connectivity index (χ0) is 20.8. The predicted molar refractivity (Wildman–Crippen MR) is 115 cm³/mol. The third-order valence-electron chi connectivity index (χ3n) is 4.90. The van der Waals surface area contributed by atoms with Gasteiger partial charge < -0.3 is 15.0 Å². The van der Waals surface area contributed by atoms with E-state index in [0.29, 0.717) is 16.3 Å². The van der Waals surface area contributed by atoms with Crippen LogP contribution in [0.3, 0.4) is 0 Å². The van der Waals surface area contributed by atoms with Gasteiger partial charge in [0.05, 0.1) is 21.3 Å². The molecule has 0 bridgehead atoms.